The molecule has 0 N–H and O–H groups in total. The second-order valence-electron chi connectivity index (χ2n) is 10.0. The molecule has 3 aromatic rings. The van der Waals surface area contributed by atoms with Crippen LogP contribution in [0.5, 0.6) is 11.5 Å². The molecular formula is C30H36F3NO4. The number of hydrogen-bond donors (Lipinski definition) is 0. The highest BCUT2D eigenvalue weighted by Crippen LogP contribution is 2.37. The van der Waals surface area contributed by atoms with Gasteiger partial charge >= 0.3 is 12.1 Å². The first-order valence-electron chi connectivity index (χ1n) is 12.7. The number of nitrogens with zero attached hydrogens (tertiary/aromatic N) is 1. The van der Waals surface area contributed by atoms with Gasteiger partial charge in [-0.05, 0) is 48.7 Å². The molecule has 206 valence electrons. The molecule has 1 heterocycles. The summed E-state index contributed by atoms with van der Waals surface area (Å²) in [6.07, 6.45) is -0.191. The van der Waals surface area contributed by atoms with Crippen molar-refractivity contribution in [3.05, 3.63) is 60.7 Å². The number of aromatic nitrogens is 1. The minimum atomic E-state index is -4.44. The summed E-state index contributed by atoms with van der Waals surface area (Å²) in [6, 6.07) is 13.7. The van der Waals surface area contributed by atoms with Crippen molar-refractivity contribution in [2.24, 2.45) is 12.5 Å². The van der Waals surface area contributed by atoms with E-state index < -0.39 is 30.6 Å². The van der Waals surface area contributed by atoms with E-state index >= 15 is 0 Å². The molecule has 0 bridgehead atoms. The number of unbranched alkanes of at least 4 members (excludes halogenated alkanes) is 2. The lowest BCUT2D eigenvalue weighted by Crippen LogP contribution is -2.36. The Hall–Kier alpha value is -3.42. The van der Waals surface area contributed by atoms with Crippen molar-refractivity contribution in [1.29, 1.82) is 0 Å². The predicted molar refractivity (Wildman–Crippen MR) is 144 cm³/mol. The van der Waals surface area contributed by atoms with Gasteiger partial charge in [0, 0.05) is 35.6 Å². The fourth-order valence-electron chi connectivity index (χ4n) is 4.53. The Balaban J connectivity index is 1.84. The van der Waals surface area contributed by atoms with Crippen LogP contribution in [-0.2, 0) is 23.0 Å². The van der Waals surface area contributed by atoms with Crippen LogP contribution in [-0.4, -0.2) is 37.0 Å². The summed E-state index contributed by atoms with van der Waals surface area (Å²) in [5.41, 5.74) is 2.54. The van der Waals surface area contributed by atoms with Crippen LogP contribution in [0.25, 0.3) is 22.2 Å². The van der Waals surface area contributed by atoms with Crippen molar-refractivity contribution in [3.8, 4) is 22.8 Å². The van der Waals surface area contributed by atoms with Gasteiger partial charge in [-0.1, -0.05) is 39.3 Å². The van der Waals surface area contributed by atoms with E-state index in [1.165, 1.54) is 25.3 Å². The number of carbonyl (C=O) groups excluding carboxylic acids is 1. The van der Waals surface area contributed by atoms with Gasteiger partial charge < -0.3 is 18.8 Å². The topological polar surface area (TPSA) is 49.7 Å². The van der Waals surface area contributed by atoms with Crippen molar-refractivity contribution in [2.45, 2.75) is 52.1 Å². The van der Waals surface area contributed by atoms with Crippen molar-refractivity contribution >= 4 is 16.9 Å². The molecule has 3 rings (SSSR count). The summed E-state index contributed by atoms with van der Waals surface area (Å²) in [5.74, 6) is 0.436. The number of ether oxygens (including phenoxy) is 3. The van der Waals surface area contributed by atoms with E-state index in [1.54, 1.807) is 19.2 Å². The number of carbonyl (C=O) groups is 1. The van der Waals surface area contributed by atoms with Crippen molar-refractivity contribution in [3.63, 3.8) is 0 Å². The van der Waals surface area contributed by atoms with Crippen molar-refractivity contribution < 1.29 is 32.2 Å². The van der Waals surface area contributed by atoms with Crippen LogP contribution < -0.4 is 9.47 Å². The van der Waals surface area contributed by atoms with Gasteiger partial charge in [-0.3, -0.25) is 0 Å². The maximum atomic E-state index is 13.2. The Kier molecular flexibility index (Phi) is 9.52. The molecule has 0 aliphatic rings. The Morgan fingerprint density at radius 1 is 1.08 bits per heavy atom. The molecule has 2 aromatic carbocycles. The van der Waals surface area contributed by atoms with Crippen LogP contribution >= 0.6 is 0 Å². The third-order valence-electron chi connectivity index (χ3n) is 6.57. The minimum absolute atomic E-state index is 0.285. The second-order valence-corrected chi connectivity index (χ2v) is 10.0. The molecule has 0 saturated heterocycles. The monoisotopic (exact) mass is 531 g/mol. The highest BCUT2D eigenvalue weighted by atomic mass is 19.4. The molecule has 0 aliphatic carbocycles. The minimum Gasteiger partial charge on any atom is -0.496 e. The average molecular weight is 532 g/mol. The maximum Gasteiger partial charge on any atom is 0.389 e. The van der Waals surface area contributed by atoms with Crippen LogP contribution in [0.3, 0.4) is 0 Å². The van der Waals surface area contributed by atoms with Crippen molar-refractivity contribution in [1.82, 2.24) is 4.57 Å². The van der Waals surface area contributed by atoms with Gasteiger partial charge in [0.25, 0.3) is 0 Å². The fourth-order valence-corrected chi connectivity index (χ4v) is 4.53. The molecule has 0 fully saturated rings. The Labute approximate surface area is 222 Å². The number of aryl methyl sites for hydroxylation is 2. The van der Waals surface area contributed by atoms with Crippen LogP contribution in [0.1, 0.15) is 45.1 Å². The van der Waals surface area contributed by atoms with E-state index in [9.17, 15) is 18.0 Å². The van der Waals surface area contributed by atoms with E-state index in [2.05, 4.69) is 37.8 Å². The normalized spacial score (nSPS) is 13.2. The molecule has 1 atom stereocenters. The highest BCUT2D eigenvalue weighted by Gasteiger charge is 2.41. The zero-order valence-electron chi connectivity index (χ0n) is 22.5. The summed E-state index contributed by atoms with van der Waals surface area (Å²) in [7, 11) is 3.59. The molecule has 38 heavy (non-hydrogen) atoms. The summed E-state index contributed by atoms with van der Waals surface area (Å²) in [6.45, 7) is 6.12. The van der Waals surface area contributed by atoms with E-state index in [0.29, 0.717) is 5.75 Å². The number of methoxy groups -OCH3 is 1. The number of benzene rings is 2. The lowest BCUT2D eigenvalue weighted by molar-refractivity contribution is -0.172. The van der Waals surface area contributed by atoms with E-state index in [1.807, 2.05) is 17.7 Å². The fraction of sp³-hybridized carbons (Fsp3) is 0.433. The molecule has 8 heteroatoms. The van der Waals surface area contributed by atoms with Crippen molar-refractivity contribution in [2.75, 3.05) is 20.3 Å². The molecule has 1 unspecified atom stereocenters. The summed E-state index contributed by atoms with van der Waals surface area (Å²) in [5, 5.41) is 0.960. The number of alkyl halides is 3. The first-order chi connectivity index (χ1) is 18.0. The Morgan fingerprint density at radius 2 is 1.84 bits per heavy atom. The number of rotatable bonds is 13. The molecule has 1 aromatic heterocycles. The smallest absolute Gasteiger partial charge is 0.389 e. The third-order valence-corrected chi connectivity index (χ3v) is 6.57. The number of halogens is 3. The van der Waals surface area contributed by atoms with Crippen LogP contribution in [0.4, 0.5) is 13.2 Å². The molecule has 0 aliphatic heterocycles. The molecule has 0 radical (unpaired) electrons. The Bertz CT molecular complexity index is 1260. The van der Waals surface area contributed by atoms with Crippen LogP contribution in [0.15, 0.2) is 55.1 Å². The lowest BCUT2D eigenvalue weighted by Gasteiger charge is -2.29. The zero-order valence-corrected chi connectivity index (χ0v) is 22.5. The van der Waals surface area contributed by atoms with E-state index in [4.69, 9.17) is 14.2 Å². The SMILES string of the molecule is C=CC(=O)OCC(C)(COc1ccc2cc(-c3ccc(CCCCC)cc3OC)n(C)c2c1)CC(F)(F)F. The van der Waals surface area contributed by atoms with Gasteiger partial charge in [-0.15, -0.1) is 0 Å². The van der Waals surface area contributed by atoms with Gasteiger partial charge in [0.15, 0.2) is 0 Å². The summed E-state index contributed by atoms with van der Waals surface area (Å²) in [4.78, 5) is 11.5. The standard InChI is InChI=1S/C30H36F3NO4/c1-6-8-9-10-21-11-14-24(27(15-21)36-5)26-16-22-12-13-23(17-25(22)34(26)4)37-19-29(3,18-30(31,32)33)20-38-28(35)7-2/h7,11-17H,2,6,8-10,18-20H2,1,3-5H3. The molecular weight excluding hydrogens is 495 g/mol. The first kappa shape index (κ1) is 29.1. The van der Waals surface area contributed by atoms with Gasteiger partial charge in [0.2, 0.25) is 0 Å². The largest absolute Gasteiger partial charge is 0.496 e. The first-order valence-corrected chi connectivity index (χ1v) is 12.7. The number of fused-ring (bicyclic) bond motifs is 1. The van der Waals surface area contributed by atoms with Gasteiger partial charge in [0.05, 0.1) is 31.3 Å². The number of esters is 1. The summed E-state index contributed by atoms with van der Waals surface area (Å²) < 4.78 is 58.2. The maximum absolute atomic E-state index is 13.2. The highest BCUT2D eigenvalue weighted by molar-refractivity contribution is 5.89. The molecule has 5 nitrogen and oxygen atoms in total. The molecule has 0 spiro atoms. The third kappa shape index (κ3) is 7.55. The van der Waals surface area contributed by atoms with Crippen LogP contribution in [0.2, 0.25) is 0 Å². The summed E-state index contributed by atoms with van der Waals surface area (Å²) >= 11 is 0. The second kappa shape index (κ2) is 12.4. The van der Waals surface area contributed by atoms with Gasteiger partial charge in [-0.25, -0.2) is 4.79 Å². The van der Waals surface area contributed by atoms with Gasteiger partial charge in [0.1, 0.15) is 18.1 Å². The molecule has 0 amide bonds. The lowest BCUT2D eigenvalue weighted by atomic mass is 9.88. The zero-order chi connectivity index (χ0) is 27.9. The Morgan fingerprint density at radius 3 is 2.50 bits per heavy atom. The van der Waals surface area contributed by atoms with E-state index in [0.717, 1.165) is 46.8 Å². The van der Waals surface area contributed by atoms with Crippen LogP contribution in [0, 0.1) is 5.41 Å². The number of hydrogen-bond acceptors (Lipinski definition) is 4. The quantitative estimate of drug-likeness (QED) is 0.129. The van der Waals surface area contributed by atoms with E-state index in [-0.39, 0.29) is 6.61 Å². The predicted octanol–water partition coefficient (Wildman–Crippen LogP) is 7.65. The van der Waals surface area contributed by atoms with Gasteiger partial charge in [-0.2, -0.15) is 13.2 Å². The average Bonchev–Trinajstić information content (AvgIpc) is 3.20. The molecule has 0 saturated carbocycles.